The van der Waals surface area contributed by atoms with Gasteiger partial charge in [0.2, 0.25) is 0 Å². The van der Waals surface area contributed by atoms with E-state index in [1.165, 1.54) is 6.07 Å². The van der Waals surface area contributed by atoms with Crippen molar-refractivity contribution in [2.75, 3.05) is 7.05 Å². The second-order valence-corrected chi connectivity index (χ2v) is 4.93. The van der Waals surface area contributed by atoms with Crippen molar-refractivity contribution in [1.29, 1.82) is 0 Å². The Morgan fingerprint density at radius 1 is 1.39 bits per heavy atom. The van der Waals surface area contributed by atoms with Crippen LogP contribution in [-0.2, 0) is 6.42 Å². The Morgan fingerprint density at radius 2 is 2.22 bits per heavy atom. The molecule has 0 spiro atoms. The number of likely N-dealkylation sites (N-methyl/N-ethyl adjacent to an activating group) is 1. The number of benzene rings is 1. The molecule has 18 heavy (non-hydrogen) atoms. The first-order valence-electron chi connectivity index (χ1n) is 5.72. The Hall–Kier alpha value is -1.26. The van der Waals surface area contributed by atoms with Gasteiger partial charge in [0.15, 0.2) is 0 Å². The normalized spacial score (nSPS) is 12.4. The molecule has 0 amide bonds. The fourth-order valence-corrected chi connectivity index (χ4v) is 2.43. The van der Waals surface area contributed by atoms with E-state index >= 15 is 0 Å². The zero-order chi connectivity index (χ0) is 13.0. The summed E-state index contributed by atoms with van der Waals surface area (Å²) in [7, 11) is 1.87. The summed E-state index contributed by atoms with van der Waals surface area (Å²) in [6.45, 7) is 0. The van der Waals surface area contributed by atoms with E-state index in [1.54, 1.807) is 18.3 Å². The summed E-state index contributed by atoms with van der Waals surface area (Å²) in [5, 5.41) is 3.21. The number of aromatic nitrogens is 1. The summed E-state index contributed by atoms with van der Waals surface area (Å²) in [5.41, 5.74) is 2.04. The van der Waals surface area contributed by atoms with Crippen LogP contribution >= 0.6 is 15.9 Å². The lowest BCUT2D eigenvalue weighted by Gasteiger charge is -2.18. The Labute approximate surface area is 114 Å². The fourth-order valence-electron chi connectivity index (χ4n) is 1.90. The van der Waals surface area contributed by atoms with Gasteiger partial charge in [0.1, 0.15) is 5.82 Å². The van der Waals surface area contributed by atoms with Gasteiger partial charge in [-0.05, 0) is 48.9 Å². The van der Waals surface area contributed by atoms with Crippen LogP contribution in [-0.4, -0.2) is 12.0 Å². The van der Waals surface area contributed by atoms with Crippen molar-refractivity contribution in [3.63, 3.8) is 0 Å². The maximum atomic E-state index is 13.3. The SMILES string of the molecule is CNC(Cc1cccnc1)c1cc(F)ccc1Br. The smallest absolute Gasteiger partial charge is 0.123 e. The van der Waals surface area contributed by atoms with E-state index in [0.29, 0.717) is 0 Å². The van der Waals surface area contributed by atoms with E-state index in [-0.39, 0.29) is 11.9 Å². The molecule has 4 heteroatoms. The third kappa shape index (κ3) is 3.15. The molecule has 0 aliphatic heterocycles. The van der Waals surface area contributed by atoms with E-state index in [0.717, 1.165) is 22.0 Å². The van der Waals surface area contributed by atoms with Crippen molar-refractivity contribution in [3.05, 3.63) is 64.1 Å². The molecule has 0 radical (unpaired) electrons. The second kappa shape index (κ2) is 6.07. The van der Waals surface area contributed by atoms with Gasteiger partial charge in [-0.2, -0.15) is 0 Å². The Balaban J connectivity index is 2.26. The van der Waals surface area contributed by atoms with Crippen LogP contribution in [0.5, 0.6) is 0 Å². The molecule has 1 N–H and O–H groups in total. The molecule has 94 valence electrons. The zero-order valence-corrected chi connectivity index (χ0v) is 11.6. The summed E-state index contributed by atoms with van der Waals surface area (Å²) in [6.07, 6.45) is 4.35. The summed E-state index contributed by atoms with van der Waals surface area (Å²) < 4.78 is 14.2. The lowest BCUT2D eigenvalue weighted by atomic mass is 10.00. The summed E-state index contributed by atoms with van der Waals surface area (Å²) in [6, 6.07) is 8.72. The van der Waals surface area contributed by atoms with Gasteiger partial charge in [-0.15, -0.1) is 0 Å². The number of halogens is 2. The molecular formula is C14H14BrFN2. The molecule has 1 aromatic heterocycles. The molecule has 1 heterocycles. The molecule has 2 nitrogen and oxygen atoms in total. The Kier molecular flexibility index (Phi) is 4.44. The highest BCUT2D eigenvalue weighted by Crippen LogP contribution is 2.26. The van der Waals surface area contributed by atoms with Gasteiger partial charge < -0.3 is 5.32 Å². The molecule has 2 aromatic rings. The molecule has 0 aliphatic rings. The zero-order valence-electron chi connectivity index (χ0n) is 10.0. The third-order valence-corrected chi connectivity index (χ3v) is 3.57. The standard InChI is InChI=1S/C14H14BrFN2/c1-17-14(7-10-3-2-6-18-9-10)12-8-11(16)4-5-13(12)15/h2-6,8-9,14,17H,7H2,1H3. The van der Waals surface area contributed by atoms with E-state index in [4.69, 9.17) is 0 Å². The first-order chi connectivity index (χ1) is 8.70. The van der Waals surface area contributed by atoms with Crippen molar-refractivity contribution < 1.29 is 4.39 Å². The van der Waals surface area contributed by atoms with E-state index in [2.05, 4.69) is 26.2 Å². The molecule has 0 bridgehead atoms. The number of hydrogen-bond donors (Lipinski definition) is 1. The predicted molar refractivity (Wildman–Crippen MR) is 73.8 cm³/mol. The number of nitrogens with one attached hydrogen (secondary N) is 1. The van der Waals surface area contributed by atoms with Crippen molar-refractivity contribution in [2.24, 2.45) is 0 Å². The summed E-state index contributed by atoms with van der Waals surface area (Å²) in [4.78, 5) is 4.09. The lowest BCUT2D eigenvalue weighted by molar-refractivity contribution is 0.574. The minimum Gasteiger partial charge on any atom is -0.313 e. The molecule has 2 rings (SSSR count). The van der Waals surface area contributed by atoms with Gasteiger partial charge in [-0.3, -0.25) is 4.98 Å². The lowest BCUT2D eigenvalue weighted by Crippen LogP contribution is -2.19. The van der Waals surface area contributed by atoms with Gasteiger partial charge in [-0.25, -0.2) is 4.39 Å². The van der Waals surface area contributed by atoms with Crippen molar-refractivity contribution >= 4 is 15.9 Å². The highest BCUT2D eigenvalue weighted by atomic mass is 79.9. The molecule has 1 unspecified atom stereocenters. The number of nitrogens with zero attached hydrogens (tertiary/aromatic N) is 1. The highest BCUT2D eigenvalue weighted by molar-refractivity contribution is 9.10. The third-order valence-electron chi connectivity index (χ3n) is 2.84. The molecule has 0 saturated carbocycles. The van der Waals surface area contributed by atoms with Gasteiger partial charge >= 0.3 is 0 Å². The van der Waals surface area contributed by atoms with Crippen LogP contribution in [0, 0.1) is 5.82 Å². The summed E-state index contributed by atoms with van der Waals surface area (Å²) >= 11 is 3.46. The van der Waals surface area contributed by atoms with Crippen molar-refractivity contribution in [1.82, 2.24) is 10.3 Å². The van der Waals surface area contributed by atoms with E-state index in [9.17, 15) is 4.39 Å². The molecule has 0 fully saturated rings. The largest absolute Gasteiger partial charge is 0.313 e. The topological polar surface area (TPSA) is 24.9 Å². The average molecular weight is 309 g/mol. The van der Waals surface area contributed by atoms with Gasteiger partial charge in [0.25, 0.3) is 0 Å². The van der Waals surface area contributed by atoms with Crippen LogP contribution in [0.4, 0.5) is 4.39 Å². The van der Waals surface area contributed by atoms with E-state index in [1.807, 2.05) is 25.4 Å². The van der Waals surface area contributed by atoms with Crippen molar-refractivity contribution in [3.8, 4) is 0 Å². The molecular weight excluding hydrogens is 295 g/mol. The maximum absolute atomic E-state index is 13.3. The van der Waals surface area contributed by atoms with Gasteiger partial charge in [0.05, 0.1) is 0 Å². The quantitative estimate of drug-likeness (QED) is 0.935. The summed E-state index contributed by atoms with van der Waals surface area (Å²) in [5.74, 6) is -0.223. The van der Waals surface area contributed by atoms with Crippen LogP contribution in [0.15, 0.2) is 47.2 Å². The number of rotatable bonds is 4. The molecule has 0 aliphatic carbocycles. The average Bonchev–Trinajstić information content (AvgIpc) is 2.40. The molecule has 1 atom stereocenters. The number of hydrogen-bond acceptors (Lipinski definition) is 2. The fraction of sp³-hybridized carbons (Fsp3) is 0.214. The van der Waals surface area contributed by atoms with Crippen LogP contribution in [0.3, 0.4) is 0 Å². The minimum absolute atomic E-state index is 0.0549. The minimum atomic E-state index is -0.223. The Bertz CT molecular complexity index is 516. The van der Waals surface area contributed by atoms with Crippen LogP contribution in [0.1, 0.15) is 17.2 Å². The first kappa shape index (κ1) is 13.2. The van der Waals surface area contributed by atoms with E-state index < -0.39 is 0 Å². The first-order valence-corrected chi connectivity index (χ1v) is 6.51. The highest BCUT2D eigenvalue weighted by Gasteiger charge is 2.14. The predicted octanol–water partition coefficient (Wildman–Crippen LogP) is 3.49. The van der Waals surface area contributed by atoms with Gasteiger partial charge in [-0.1, -0.05) is 22.0 Å². The number of pyridine rings is 1. The molecule has 0 saturated heterocycles. The maximum Gasteiger partial charge on any atom is 0.123 e. The second-order valence-electron chi connectivity index (χ2n) is 4.07. The van der Waals surface area contributed by atoms with Crippen LogP contribution in [0.2, 0.25) is 0 Å². The monoisotopic (exact) mass is 308 g/mol. The Morgan fingerprint density at radius 3 is 2.89 bits per heavy atom. The van der Waals surface area contributed by atoms with Crippen LogP contribution in [0.25, 0.3) is 0 Å². The van der Waals surface area contributed by atoms with Crippen LogP contribution < -0.4 is 5.32 Å². The molecule has 1 aromatic carbocycles. The van der Waals surface area contributed by atoms with Gasteiger partial charge in [0, 0.05) is 22.9 Å². The van der Waals surface area contributed by atoms with Crippen molar-refractivity contribution in [2.45, 2.75) is 12.5 Å².